The van der Waals surface area contributed by atoms with Crippen LogP contribution in [0.1, 0.15) is 239 Å². The van der Waals surface area contributed by atoms with E-state index < -0.39 is 11.9 Å². The van der Waals surface area contributed by atoms with Gasteiger partial charge in [-0.25, -0.2) is 9.59 Å². The van der Waals surface area contributed by atoms with Crippen LogP contribution in [0.4, 0.5) is 0 Å². The van der Waals surface area contributed by atoms with Crippen LogP contribution in [0.25, 0.3) is 0 Å². The van der Waals surface area contributed by atoms with Crippen molar-refractivity contribution in [1.82, 2.24) is 0 Å². The second kappa shape index (κ2) is 38.2. The number of carbonyl (C=O) groups excluding carboxylic acids is 2. The van der Waals surface area contributed by atoms with Gasteiger partial charge in [0.05, 0.1) is 58.4 Å². The van der Waals surface area contributed by atoms with Crippen LogP contribution in [0.5, 0.6) is 34.5 Å². The van der Waals surface area contributed by atoms with Crippen LogP contribution >= 0.6 is 11.3 Å². The lowest BCUT2D eigenvalue weighted by molar-refractivity contribution is 0.0724. The van der Waals surface area contributed by atoms with Gasteiger partial charge >= 0.3 is 11.9 Å². The largest absolute Gasteiger partial charge is 0.490 e. The van der Waals surface area contributed by atoms with Gasteiger partial charge in [0.15, 0.2) is 23.0 Å². The number of hydrogen-bond donors (Lipinski definition) is 0. The van der Waals surface area contributed by atoms with Gasteiger partial charge < -0.3 is 28.4 Å². The molecule has 466 valence electrons. The molecule has 0 aliphatic rings. The maximum absolute atomic E-state index is 13.6. The molecule has 0 amide bonds. The van der Waals surface area contributed by atoms with E-state index in [-0.39, 0.29) is 11.1 Å². The summed E-state index contributed by atoms with van der Waals surface area (Å²) < 4.78 is 36.9. The highest BCUT2D eigenvalue weighted by molar-refractivity contribution is 7.13. The van der Waals surface area contributed by atoms with E-state index in [1.165, 1.54) is 64.2 Å². The second-order valence-corrected chi connectivity index (χ2v) is 26.7. The Morgan fingerprint density at radius 3 is 0.966 bits per heavy atom. The van der Waals surface area contributed by atoms with Crippen molar-refractivity contribution in [1.29, 1.82) is 10.5 Å². The predicted molar refractivity (Wildman–Crippen MR) is 353 cm³/mol. The monoisotopic (exact) mass is 1200 g/mol. The fraction of sp³-hybridized carbons (Fsp3) is 0.526. The fourth-order valence-electron chi connectivity index (χ4n) is 9.91. The molecule has 4 aromatic carbocycles. The van der Waals surface area contributed by atoms with E-state index in [1.54, 1.807) is 84.9 Å². The zero-order valence-electron chi connectivity index (χ0n) is 54.4. The van der Waals surface area contributed by atoms with Gasteiger partial charge in [-0.2, -0.15) is 10.5 Å². The Hall–Kier alpha value is -7.18. The van der Waals surface area contributed by atoms with Crippen molar-refractivity contribution in [3.63, 3.8) is 0 Å². The molecule has 1 heterocycles. The first-order chi connectivity index (χ1) is 41.8. The van der Waals surface area contributed by atoms with Crippen LogP contribution in [0.15, 0.2) is 84.9 Å². The Labute approximate surface area is 527 Å². The summed E-state index contributed by atoms with van der Waals surface area (Å²) in [5.74, 6) is 19.1. The van der Waals surface area contributed by atoms with Crippen molar-refractivity contribution in [2.24, 2.45) is 47.3 Å². The SMILES string of the molecule is CC(C)CCC[C@H](C)CCOc1ccc(C(=O)Oc2ccc(C#Cc3sc(C#Cc4ccc(OC(=O)c5ccc(OCC[C@@H](C)CCCC(C)C)c(OCC[C@@H](C)CCCC(C)C)c5)cc4)c(C#N)c3C#N)cc2)cc1OCC[C@@H](C)CCCC(C)C. The van der Waals surface area contributed by atoms with Crippen LogP contribution in [-0.2, 0) is 0 Å². The number of carbonyl (C=O) groups is 2. The molecule has 0 aliphatic heterocycles. The molecule has 0 saturated carbocycles. The minimum Gasteiger partial charge on any atom is -0.490 e. The molecule has 11 heteroatoms. The molecule has 0 bridgehead atoms. The fourth-order valence-corrected chi connectivity index (χ4v) is 10.8. The number of ether oxygens (including phenoxy) is 6. The average molecular weight is 1200 g/mol. The summed E-state index contributed by atoms with van der Waals surface area (Å²) >= 11 is 1.16. The summed E-state index contributed by atoms with van der Waals surface area (Å²) in [4.78, 5) is 27.9. The molecule has 1 aromatic heterocycles. The molecule has 0 N–H and O–H groups in total. The van der Waals surface area contributed by atoms with Crippen LogP contribution in [0, 0.1) is 93.7 Å². The summed E-state index contributed by atoms with van der Waals surface area (Å²) in [5.41, 5.74) is 2.21. The maximum Gasteiger partial charge on any atom is 0.343 e. The Balaban J connectivity index is 1.21. The molecule has 0 spiro atoms. The van der Waals surface area contributed by atoms with E-state index in [9.17, 15) is 20.1 Å². The van der Waals surface area contributed by atoms with Crippen LogP contribution in [0.2, 0.25) is 0 Å². The van der Waals surface area contributed by atoms with Crippen LogP contribution in [0.3, 0.4) is 0 Å². The van der Waals surface area contributed by atoms with Crippen molar-refractivity contribution in [3.8, 4) is 70.3 Å². The Morgan fingerprint density at radius 1 is 0.379 bits per heavy atom. The normalized spacial score (nSPS) is 12.5. The molecule has 10 nitrogen and oxygen atoms in total. The molecule has 87 heavy (non-hydrogen) atoms. The first-order valence-electron chi connectivity index (χ1n) is 32.2. The van der Waals surface area contributed by atoms with Gasteiger partial charge in [-0.1, -0.05) is 172 Å². The molecule has 0 fully saturated rings. The third-order valence-electron chi connectivity index (χ3n) is 15.6. The summed E-state index contributed by atoms with van der Waals surface area (Å²) in [7, 11) is 0. The third-order valence-corrected chi connectivity index (χ3v) is 16.7. The predicted octanol–water partition coefficient (Wildman–Crippen LogP) is 19.7. The Kier molecular flexibility index (Phi) is 31.0. The third kappa shape index (κ3) is 26.4. The van der Waals surface area contributed by atoms with E-state index in [4.69, 9.17) is 28.4 Å². The zero-order chi connectivity index (χ0) is 63.1. The number of hydrogen-bond acceptors (Lipinski definition) is 11. The number of thiophene rings is 1. The average Bonchev–Trinajstić information content (AvgIpc) is 3.17. The van der Waals surface area contributed by atoms with E-state index in [0.717, 1.165) is 49.9 Å². The molecule has 0 saturated heterocycles. The molecule has 0 unspecified atom stereocenters. The van der Waals surface area contributed by atoms with Crippen molar-refractivity contribution < 1.29 is 38.0 Å². The minimum atomic E-state index is -0.533. The van der Waals surface area contributed by atoms with Crippen molar-refractivity contribution >= 4 is 23.3 Å². The Bertz CT molecular complexity index is 2910. The zero-order valence-corrected chi connectivity index (χ0v) is 55.2. The van der Waals surface area contributed by atoms with E-state index in [2.05, 4.69) is 119 Å². The summed E-state index contributed by atoms with van der Waals surface area (Å²) in [5, 5.41) is 20.3. The molecular formula is C76H98N2O8S. The van der Waals surface area contributed by atoms with Gasteiger partial charge in [-0.3, -0.25) is 0 Å². The molecule has 4 atom stereocenters. The lowest BCUT2D eigenvalue weighted by Gasteiger charge is -2.17. The van der Waals surface area contributed by atoms with Crippen LogP contribution in [-0.4, -0.2) is 38.4 Å². The number of nitriles is 2. The van der Waals surface area contributed by atoms with Gasteiger partial charge in [0.25, 0.3) is 0 Å². The van der Waals surface area contributed by atoms with Crippen molar-refractivity contribution in [3.05, 3.63) is 128 Å². The second-order valence-electron chi connectivity index (χ2n) is 25.7. The Morgan fingerprint density at radius 2 is 0.678 bits per heavy atom. The van der Waals surface area contributed by atoms with E-state index in [1.807, 2.05) is 0 Å². The first-order valence-corrected chi connectivity index (χ1v) is 33.1. The molecule has 5 aromatic rings. The van der Waals surface area contributed by atoms with Gasteiger partial charge in [0.1, 0.15) is 23.6 Å². The topological polar surface area (TPSA) is 137 Å². The van der Waals surface area contributed by atoms with Crippen molar-refractivity contribution in [2.75, 3.05) is 26.4 Å². The number of rotatable bonds is 36. The molecular weight excluding hydrogens is 1100 g/mol. The van der Waals surface area contributed by atoms with E-state index in [0.29, 0.717) is 140 Å². The van der Waals surface area contributed by atoms with E-state index >= 15 is 0 Å². The maximum atomic E-state index is 13.6. The molecule has 0 radical (unpaired) electrons. The highest BCUT2D eigenvalue weighted by atomic mass is 32.1. The lowest BCUT2D eigenvalue weighted by atomic mass is 9.97. The van der Waals surface area contributed by atoms with Crippen molar-refractivity contribution in [2.45, 2.75) is 186 Å². The van der Waals surface area contributed by atoms with Gasteiger partial charge in [0, 0.05) is 11.1 Å². The standard InChI is InChI=1S/C76H98N2O8S/c1-53(2)17-13-21-57(9)41-45-81-69-37-31-63(49-71(69)83-47-43-59(11)23-15-19-55(5)6)75(79)85-65-33-25-61(26-34-65)29-39-73-67(51-77)68(52-78)74(87-73)40-30-62-27-35-66(36-28-62)86-76(80)64-32-38-70(82-46-42-58(10)22-14-18-54(3)4)72(50-64)84-48-44-60(12)24-16-20-56(7)8/h25-28,31-38,49-50,53-60H,13-24,41-48H2,1-12H3/t57-,58-,59-,60-/m0/s1. The highest BCUT2D eigenvalue weighted by Crippen LogP contribution is 2.33. The summed E-state index contributed by atoms with van der Waals surface area (Å²) in [6.45, 7) is 29.3. The minimum absolute atomic E-state index is 0.150. The first kappa shape index (κ1) is 70.6. The lowest BCUT2D eigenvalue weighted by Crippen LogP contribution is -2.11. The highest BCUT2D eigenvalue weighted by Gasteiger charge is 2.20. The summed E-state index contributed by atoms with van der Waals surface area (Å²) in [6, 6.07) is 28.3. The number of esters is 2. The van der Waals surface area contributed by atoms with Gasteiger partial charge in [-0.05, 0) is 170 Å². The van der Waals surface area contributed by atoms with Crippen LogP contribution < -0.4 is 28.4 Å². The quantitative estimate of drug-likeness (QED) is 0.0216. The molecule has 0 aliphatic carbocycles. The van der Waals surface area contributed by atoms with Gasteiger partial charge in [-0.15, -0.1) is 11.3 Å². The number of benzene rings is 4. The number of nitrogens with zero attached hydrogens (tertiary/aromatic N) is 2. The summed E-state index contributed by atoms with van der Waals surface area (Å²) in [6.07, 6.45) is 18.0. The van der Waals surface area contributed by atoms with Gasteiger partial charge in [0.2, 0.25) is 0 Å². The molecule has 5 rings (SSSR count). The smallest absolute Gasteiger partial charge is 0.343 e.